The van der Waals surface area contributed by atoms with Gasteiger partial charge in [-0.1, -0.05) is 64.6 Å². The predicted octanol–water partition coefficient (Wildman–Crippen LogP) is 6.11. The van der Waals surface area contributed by atoms with Crippen LogP contribution in [0.15, 0.2) is 47.3 Å². The number of halogens is 7. The van der Waals surface area contributed by atoms with Gasteiger partial charge >= 0.3 is 17.8 Å². The second-order valence-corrected chi connectivity index (χ2v) is 10.4. The molecule has 2 atom stereocenters. The zero-order valence-corrected chi connectivity index (χ0v) is 24.2. The molecule has 4 aromatic rings. The molecule has 2 aromatic heterocycles. The van der Waals surface area contributed by atoms with Gasteiger partial charge in [0.2, 0.25) is 0 Å². The lowest BCUT2D eigenvalue weighted by molar-refractivity contribution is -0.207. The summed E-state index contributed by atoms with van der Waals surface area (Å²) in [6.45, 7) is 1.20. The minimum atomic E-state index is -5.00. The molecule has 0 bridgehead atoms. The summed E-state index contributed by atoms with van der Waals surface area (Å²) in [7, 11) is 0. The fraction of sp³-hybridized carbons (Fsp3) is 0.280. The van der Waals surface area contributed by atoms with Crippen LogP contribution in [0.25, 0.3) is 16.9 Å². The van der Waals surface area contributed by atoms with Gasteiger partial charge in [-0.2, -0.15) is 13.2 Å². The molecular weight excluding hydrogens is 633 g/mol. The number of benzene rings is 2. The van der Waals surface area contributed by atoms with Gasteiger partial charge < -0.3 is 9.84 Å². The minimum Gasteiger partial charge on any atom is -0.455 e. The number of imidazole rings is 1. The zero-order valence-electron chi connectivity index (χ0n) is 21.2. The SMILES string of the molecule is CC(=O)O[C@@H](C)c1nc(Cn2c(Cl)c(-c3ccc(Cl)cc3)n(C[C@H](O)C(F)(F)F)c2=O)nn1-c1c(Cl)cccc1Cl. The van der Waals surface area contributed by atoms with Crippen LogP contribution in [0.5, 0.6) is 0 Å². The first-order valence-corrected chi connectivity index (χ1v) is 13.3. The van der Waals surface area contributed by atoms with Crippen LogP contribution in [0, 0.1) is 0 Å². The van der Waals surface area contributed by atoms with E-state index in [1.54, 1.807) is 18.2 Å². The molecule has 2 aromatic carbocycles. The first kappa shape index (κ1) is 30.9. The van der Waals surface area contributed by atoms with E-state index in [2.05, 4.69) is 10.1 Å². The van der Waals surface area contributed by atoms with Gasteiger partial charge in [-0.15, -0.1) is 5.10 Å². The number of carbonyl (C=O) groups is 1. The smallest absolute Gasteiger partial charge is 0.416 e. The van der Waals surface area contributed by atoms with E-state index in [1.807, 2.05) is 0 Å². The maximum absolute atomic E-state index is 13.4. The molecule has 0 saturated heterocycles. The average molecular weight is 653 g/mol. The summed E-state index contributed by atoms with van der Waals surface area (Å²) >= 11 is 25.3. The van der Waals surface area contributed by atoms with E-state index in [-0.39, 0.29) is 43.8 Å². The molecular formula is C25H20Cl4F3N5O4. The Kier molecular flexibility index (Phi) is 9.10. The van der Waals surface area contributed by atoms with Gasteiger partial charge in [-0.25, -0.2) is 14.5 Å². The van der Waals surface area contributed by atoms with Gasteiger partial charge in [-0.3, -0.25) is 13.9 Å². The molecule has 0 amide bonds. The minimum absolute atomic E-state index is 0.0323. The molecule has 0 spiro atoms. The highest BCUT2D eigenvalue weighted by molar-refractivity contribution is 6.37. The van der Waals surface area contributed by atoms with E-state index >= 15 is 0 Å². The summed E-state index contributed by atoms with van der Waals surface area (Å²) in [5, 5.41) is 14.7. The van der Waals surface area contributed by atoms with E-state index < -0.39 is 43.1 Å². The Balaban J connectivity index is 1.87. The Hall–Kier alpha value is -3.03. The Bertz CT molecular complexity index is 1630. The highest BCUT2D eigenvalue weighted by Crippen LogP contribution is 2.33. The van der Waals surface area contributed by atoms with Crippen LogP contribution in [-0.4, -0.2) is 47.3 Å². The number of hydrogen-bond donors (Lipinski definition) is 1. The number of para-hydroxylation sites is 1. The van der Waals surface area contributed by atoms with Crippen LogP contribution < -0.4 is 5.69 Å². The summed E-state index contributed by atoms with van der Waals surface area (Å²) in [5.41, 5.74) is -0.562. The average Bonchev–Trinajstić information content (AvgIpc) is 3.38. The van der Waals surface area contributed by atoms with E-state index in [0.29, 0.717) is 9.59 Å². The van der Waals surface area contributed by atoms with Crippen molar-refractivity contribution in [3.8, 4) is 16.9 Å². The van der Waals surface area contributed by atoms with Crippen molar-refractivity contribution in [2.24, 2.45) is 0 Å². The third-order valence-electron chi connectivity index (χ3n) is 5.85. The standard InChI is InChI=1S/C25H20Cl4F3N5O4/c1-12(41-13(2)38)23-33-19(34-37(23)21-16(27)4-3-5-17(21)28)11-36-22(29)20(14-6-8-15(26)9-7-14)35(24(36)40)10-18(39)25(30,31)32/h3-9,12,18,39H,10-11H2,1-2H3/t12-,18-/m0/s1. The Morgan fingerprint density at radius 1 is 1.05 bits per heavy atom. The maximum atomic E-state index is 13.4. The second-order valence-electron chi connectivity index (χ2n) is 8.80. The van der Waals surface area contributed by atoms with Gasteiger partial charge in [0, 0.05) is 17.5 Å². The molecule has 9 nitrogen and oxygen atoms in total. The van der Waals surface area contributed by atoms with Crippen molar-refractivity contribution in [1.82, 2.24) is 23.9 Å². The molecule has 0 unspecified atom stereocenters. The van der Waals surface area contributed by atoms with E-state index in [0.717, 1.165) is 4.57 Å². The van der Waals surface area contributed by atoms with Crippen molar-refractivity contribution in [3.63, 3.8) is 0 Å². The molecule has 1 N–H and O–H groups in total. The van der Waals surface area contributed by atoms with Crippen LogP contribution in [0.2, 0.25) is 20.2 Å². The summed E-state index contributed by atoms with van der Waals surface area (Å²) < 4.78 is 47.9. The van der Waals surface area contributed by atoms with Crippen molar-refractivity contribution in [2.45, 2.75) is 45.3 Å². The van der Waals surface area contributed by atoms with Crippen molar-refractivity contribution >= 4 is 52.4 Å². The molecule has 0 saturated carbocycles. The third-order valence-corrected chi connectivity index (χ3v) is 7.09. The maximum Gasteiger partial charge on any atom is 0.416 e. The molecule has 0 aliphatic heterocycles. The summed E-state index contributed by atoms with van der Waals surface area (Å²) in [6, 6.07) is 10.6. The van der Waals surface area contributed by atoms with Gasteiger partial charge in [-0.05, 0) is 31.2 Å². The number of carbonyl (C=O) groups excluding carboxylic acids is 1. The van der Waals surface area contributed by atoms with Crippen LogP contribution >= 0.6 is 46.4 Å². The van der Waals surface area contributed by atoms with Crippen LogP contribution in [0.4, 0.5) is 13.2 Å². The zero-order chi connectivity index (χ0) is 30.2. The third kappa shape index (κ3) is 6.57. The number of esters is 1. The first-order valence-electron chi connectivity index (χ1n) is 11.8. The summed E-state index contributed by atoms with van der Waals surface area (Å²) in [6.07, 6.45) is -8.79. The second kappa shape index (κ2) is 12.1. The van der Waals surface area contributed by atoms with Gasteiger partial charge in [0.1, 0.15) is 10.8 Å². The monoisotopic (exact) mass is 651 g/mol. The molecule has 0 radical (unpaired) electrons. The van der Waals surface area contributed by atoms with Crippen molar-refractivity contribution < 1.29 is 27.8 Å². The van der Waals surface area contributed by atoms with E-state index in [1.165, 1.54) is 42.8 Å². The molecule has 2 heterocycles. The van der Waals surface area contributed by atoms with Crippen molar-refractivity contribution in [1.29, 1.82) is 0 Å². The highest BCUT2D eigenvalue weighted by atomic mass is 35.5. The number of aliphatic hydroxyl groups excluding tert-OH is 1. The number of nitrogens with zero attached hydrogens (tertiary/aromatic N) is 5. The normalized spacial score (nSPS) is 13.3. The fourth-order valence-corrected chi connectivity index (χ4v) is 5.05. The van der Waals surface area contributed by atoms with Gasteiger partial charge in [0.15, 0.2) is 23.9 Å². The van der Waals surface area contributed by atoms with Gasteiger partial charge in [0.05, 0.1) is 28.8 Å². The molecule has 4 rings (SSSR count). The first-order chi connectivity index (χ1) is 19.2. The number of hydrogen-bond acceptors (Lipinski definition) is 6. The molecule has 41 heavy (non-hydrogen) atoms. The predicted molar refractivity (Wildman–Crippen MR) is 147 cm³/mol. The van der Waals surface area contributed by atoms with Gasteiger partial charge in [0.25, 0.3) is 0 Å². The Labute approximate surface area is 250 Å². The highest BCUT2D eigenvalue weighted by Gasteiger charge is 2.39. The molecule has 218 valence electrons. The lowest BCUT2D eigenvalue weighted by Gasteiger charge is -2.16. The largest absolute Gasteiger partial charge is 0.455 e. The van der Waals surface area contributed by atoms with E-state index in [4.69, 9.17) is 51.1 Å². The van der Waals surface area contributed by atoms with Crippen LogP contribution in [0.3, 0.4) is 0 Å². The number of alkyl halides is 3. The summed E-state index contributed by atoms with van der Waals surface area (Å²) in [4.78, 5) is 29.5. The van der Waals surface area contributed by atoms with Crippen molar-refractivity contribution in [3.05, 3.63) is 84.8 Å². The number of rotatable bonds is 8. The van der Waals surface area contributed by atoms with Crippen molar-refractivity contribution in [2.75, 3.05) is 0 Å². The Morgan fingerprint density at radius 3 is 2.22 bits per heavy atom. The van der Waals surface area contributed by atoms with Crippen LogP contribution in [-0.2, 0) is 22.6 Å². The number of aromatic nitrogens is 5. The topological polar surface area (TPSA) is 104 Å². The Morgan fingerprint density at radius 2 is 1.66 bits per heavy atom. The quantitative estimate of drug-likeness (QED) is 0.231. The molecule has 0 fully saturated rings. The van der Waals surface area contributed by atoms with Crippen LogP contribution in [0.1, 0.15) is 31.6 Å². The fourth-order valence-electron chi connectivity index (χ4n) is 4.03. The lowest BCUT2D eigenvalue weighted by Crippen LogP contribution is -2.37. The molecule has 0 aliphatic rings. The number of aliphatic hydroxyl groups is 1. The lowest BCUT2D eigenvalue weighted by atomic mass is 10.1. The number of ether oxygens (including phenoxy) is 1. The molecule has 16 heteroatoms. The van der Waals surface area contributed by atoms with E-state index in [9.17, 15) is 27.9 Å². The molecule has 0 aliphatic carbocycles. The summed E-state index contributed by atoms with van der Waals surface area (Å²) in [5.74, 6) is -0.541.